The number of hydrogen-bond acceptors (Lipinski definition) is 3. The third kappa shape index (κ3) is 3.12. The van der Waals surface area contributed by atoms with Crippen molar-refractivity contribution in [3.63, 3.8) is 0 Å². The minimum absolute atomic E-state index is 0.279. The van der Waals surface area contributed by atoms with Crippen LogP contribution in [-0.2, 0) is 6.42 Å². The van der Waals surface area contributed by atoms with E-state index in [0.29, 0.717) is 12.0 Å². The van der Waals surface area contributed by atoms with Gasteiger partial charge in [-0.2, -0.15) is 0 Å². The van der Waals surface area contributed by atoms with Gasteiger partial charge < -0.3 is 5.73 Å². The molecule has 2 nitrogen and oxygen atoms in total. The van der Waals surface area contributed by atoms with Gasteiger partial charge >= 0.3 is 0 Å². The molecule has 90 valence electrons. The van der Waals surface area contributed by atoms with Crippen LogP contribution in [0.5, 0.6) is 0 Å². The zero-order valence-corrected chi connectivity index (χ0v) is 11.7. The standard InChI is InChI=1S/C12H12BrFN2S/c1-7-16-9(6-17-7)5-12(15)10-3-2-8(13)4-11(10)14/h2-4,6,12H,5,15H2,1H3. The Balaban J connectivity index is 2.17. The van der Waals surface area contributed by atoms with Crippen LogP contribution in [-0.4, -0.2) is 4.98 Å². The van der Waals surface area contributed by atoms with Crippen molar-refractivity contribution in [2.75, 3.05) is 0 Å². The Bertz CT molecular complexity index is 527. The van der Waals surface area contributed by atoms with Gasteiger partial charge in [0.1, 0.15) is 5.82 Å². The van der Waals surface area contributed by atoms with Gasteiger partial charge in [-0.05, 0) is 19.1 Å². The first-order valence-corrected chi connectivity index (χ1v) is 6.85. The highest BCUT2D eigenvalue weighted by Crippen LogP contribution is 2.22. The van der Waals surface area contributed by atoms with Gasteiger partial charge in [0.15, 0.2) is 0 Å². The van der Waals surface area contributed by atoms with E-state index in [2.05, 4.69) is 20.9 Å². The Morgan fingerprint density at radius 2 is 2.29 bits per heavy atom. The van der Waals surface area contributed by atoms with Gasteiger partial charge in [-0.15, -0.1) is 11.3 Å². The molecule has 2 rings (SSSR count). The number of nitrogens with two attached hydrogens (primary N) is 1. The highest BCUT2D eigenvalue weighted by molar-refractivity contribution is 9.10. The minimum Gasteiger partial charge on any atom is -0.324 e. The van der Waals surface area contributed by atoms with Gasteiger partial charge in [0.25, 0.3) is 0 Å². The molecule has 0 saturated carbocycles. The molecule has 1 aromatic heterocycles. The first kappa shape index (κ1) is 12.7. The first-order valence-electron chi connectivity index (χ1n) is 5.18. The average Bonchev–Trinajstić information content (AvgIpc) is 2.63. The number of aromatic nitrogens is 1. The van der Waals surface area contributed by atoms with Crippen molar-refractivity contribution < 1.29 is 4.39 Å². The SMILES string of the molecule is Cc1nc(CC(N)c2ccc(Br)cc2F)cs1. The maximum absolute atomic E-state index is 13.7. The number of halogens is 2. The first-order chi connectivity index (χ1) is 8.06. The second kappa shape index (κ2) is 5.25. The number of rotatable bonds is 3. The van der Waals surface area contributed by atoms with Gasteiger partial charge in [-0.25, -0.2) is 9.37 Å². The van der Waals surface area contributed by atoms with E-state index in [0.717, 1.165) is 15.2 Å². The molecule has 0 spiro atoms. The fourth-order valence-electron chi connectivity index (χ4n) is 1.64. The van der Waals surface area contributed by atoms with E-state index in [1.807, 2.05) is 12.3 Å². The van der Waals surface area contributed by atoms with Crippen molar-refractivity contribution in [1.29, 1.82) is 0 Å². The van der Waals surface area contributed by atoms with E-state index in [1.54, 1.807) is 23.5 Å². The molecule has 5 heteroatoms. The number of benzene rings is 1. The van der Waals surface area contributed by atoms with Crippen LogP contribution in [0.3, 0.4) is 0 Å². The van der Waals surface area contributed by atoms with Crippen LogP contribution in [0.1, 0.15) is 22.3 Å². The van der Waals surface area contributed by atoms with Crippen molar-refractivity contribution in [3.8, 4) is 0 Å². The lowest BCUT2D eigenvalue weighted by molar-refractivity contribution is 0.577. The van der Waals surface area contributed by atoms with Crippen LogP contribution >= 0.6 is 27.3 Å². The number of hydrogen-bond donors (Lipinski definition) is 1. The van der Waals surface area contributed by atoms with Crippen LogP contribution in [0, 0.1) is 12.7 Å². The monoisotopic (exact) mass is 314 g/mol. The van der Waals surface area contributed by atoms with Gasteiger partial charge in [-0.3, -0.25) is 0 Å². The molecule has 0 saturated heterocycles. The molecule has 2 N–H and O–H groups in total. The van der Waals surface area contributed by atoms with Crippen molar-refractivity contribution in [2.24, 2.45) is 5.73 Å². The minimum atomic E-state index is -0.357. The predicted molar refractivity (Wildman–Crippen MR) is 71.6 cm³/mol. The molecular weight excluding hydrogens is 303 g/mol. The summed E-state index contributed by atoms with van der Waals surface area (Å²) >= 11 is 4.80. The van der Waals surface area contributed by atoms with E-state index >= 15 is 0 Å². The Kier molecular flexibility index (Phi) is 3.91. The molecular formula is C12H12BrFN2S. The molecule has 0 aliphatic carbocycles. The summed E-state index contributed by atoms with van der Waals surface area (Å²) in [6, 6.07) is 4.58. The summed E-state index contributed by atoms with van der Waals surface area (Å²) in [5, 5.41) is 2.97. The molecule has 2 aromatic rings. The Hall–Kier alpha value is -0.780. The molecule has 17 heavy (non-hydrogen) atoms. The van der Waals surface area contributed by atoms with E-state index in [1.165, 1.54) is 6.07 Å². The third-order valence-corrected chi connectivity index (χ3v) is 3.77. The largest absolute Gasteiger partial charge is 0.324 e. The second-order valence-corrected chi connectivity index (χ2v) is 5.81. The molecule has 1 atom stereocenters. The zero-order valence-electron chi connectivity index (χ0n) is 9.28. The van der Waals surface area contributed by atoms with Gasteiger partial charge in [0.2, 0.25) is 0 Å². The predicted octanol–water partition coefficient (Wildman–Crippen LogP) is 3.60. The fraction of sp³-hybridized carbons (Fsp3) is 0.250. The highest BCUT2D eigenvalue weighted by Gasteiger charge is 2.13. The molecule has 0 radical (unpaired) electrons. The number of thiazole rings is 1. The molecule has 1 aromatic carbocycles. The van der Waals surface area contributed by atoms with Gasteiger partial charge in [-0.1, -0.05) is 22.0 Å². The summed E-state index contributed by atoms with van der Waals surface area (Å²) in [6.45, 7) is 1.94. The summed E-state index contributed by atoms with van der Waals surface area (Å²) in [7, 11) is 0. The molecule has 0 aliphatic rings. The van der Waals surface area contributed by atoms with E-state index in [-0.39, 0.29) is 11.9 Å². The quantitative estimate of drug-likeness (QED) is 0.940. The molecule has 0 fully saturated rings. The maximum atomic E-state index is 13.7. The van der Waals surface area contributed by atoms with Gasteiger partial charge in [0, 0.05) is 27.9 Å². The van der Waals surface area contributed by atoms with Crippen LogP contribution in [0.2, 0.25) is 0 Å². The summed E-state index contributed by atoms with van der Waals surface area (Å²) in [5.41, 5.74) is 7.44. The summed E-state index contributed by atoms with van der Waals surface area (Å²) < 4.78 is 14.4. The van der Waals surface area contributed by atoms with Crippen molar-refractivity contribution in [1.82, 2.24) is 4.98 Å². The van der Waals surface area contributed by atoms with Crippen molar-refractivity contribution in [2.45, 2.75) is 19.4 Å². The fourth-order valence-corrected chi connectivity index (χ4v) is 2.60. The number of aryl methyl sites for hydroxylation is 1. The molecule has 0 amide bonds. The molecule has 0 bridgehead atoms. The van der Waals surface area contributed by atoms with Crippen molar-refractivity contribution >= 4 is 27.3 Å². The van der Waals surface area contributed by atoms with E-state index in [4.69, 9.17) is 5.73 Å². The molecule has 1 unspecified atom stereocenters. The summed E-state index contributed by atoms with van der Waals surface area (Å²) in [6.07, 6.45) is 0.558. The van der Waals surface area contributed by atoms with Crippen LogP contribution in [0.25, 0.3) is 0 Å². The molecule has 1 heterocycles. The highest BCUT2D eigenvalue weighted by atomic mass is 79.9. The van der Waals surface area contributed by atoms with Crippen LogP contribution < -0.4 is 5.73 Å². The zero-order chi connectivity index (χ0) is 12.4. The second-order valence-electron chi connectivity index (χ2n) is 3.83. The van der Waals surface area contributed by atoms with Gasteiger partial charge in [0.05, 0.1) is 10.7 Å². The number of nitrogens with zero attached hydrogens (tertiary/aromatic N) is 1. The summed E-state index contributed by atoms with van der Waals surface area (Å²) in [4.78, 5) is 4.33. The maximum Gasteiger partial charge on any atom is 0.129 e. The average molecular weight is 315 g/mol. The Morgan fingerprint density at radius 1 is 1.53 bits per heavy atom. The van der Waals surface area contributed by atoms with E-state index in [9.17, 15) is 4.39 Å². The lowest BCUT2D eigenvalue weighted by Crippen LogP contribution is -2.15. The lowest BCUT2D eigenvalue weighted by atomic mass is 10.0. The van der Waals surface area contributed by atoms with E-state index < -0.39 is 0 Å². The Labute approximate surface area is 112 Å². The van der Waals surface area contributed by atoms with Crippen molar-refractivity contribution in [3.05, 3.63) is 50.1 Å². The van der Waals surface area contributed by atoms with Crippen LogP contribution in [0.4, 0.5) is 4.39 Å². The van der Waals surface area contributed by atoms with Crippen LogP contribution in [0.15, 0.2) is 28.1 Å². The topological polar surface area (TPSA) is 38.9 Å². The third-order valence-electron chi connectivity index (χ3n) is 2.46. The Morgan fingerprint density at radius 3 is 2.88 bits per heavy atom. The molecule has 0 aliphatic heterocycles. The normalized spacial score (nSPS) is 12.7. The lowest BCUT2D eigenvalue weighted by Gasteiger charge is -2.11. The smallest absolute Gasteiger partial charge is 0.129 e. The summed E-state index contributed by atoms with van der Waals surface area (Å²) in [5.74, 6) is -0.279.